The number of rotatable bonds is 11. The highest BCUT2D eigenvalue weighted by molar-refractivity contribution is 7.92. The highest BCUT2D eigenvalue weighted by atomic mass is 32.2. The first-order valence-corrected chi connectivity index (χ1v) is 16.0. The number of benzene rings is 3. The Labute approximate surface area is 248 Å². The van der Waals surface area contributed by atoms with Crippen LogP contribution in [0.5, 0.6) is 0 Å². The van der Waals surface area contributed by atoms with E-state index in [0.29, 0.717) is 11.3 Å². The maximum Gasteiger partial charge on any atom is 0.264 e. The van der Waals surface area contributed by atoms with Gasteiger partial charge in [0.2, 0.25) is 11.8 Å². The van der Waals surface area contributed by atoms with Gasteiger partial charge in [-0.2, -0.15) is 0 Å². The quantitative estimate of drug-likeness (QED) is 0.295. The first-order valence-electron chi connectivity index (χ1n) is 14.6. The molecule has 2 amide bonds. The number of nitrogens with zero attached hydrogens (tertiary/aromatic N) is 2. The van der Waals surface area contributed by atoms with Gasteiger partial charge in [0.15, 0.2) is 0 Å². The fourth-order valence-electron chi connectivity index (χ4n) is 5.21. The van der Waals surface area contributed by atoms with Gasteiger partial charge in [0, 0.05) is 12.6 Å². The topological polar surface area (TPSA) is 86.8 Å². The highest BCUT2D eigenvalue weighted by Crippen LogP contribution is 2.27. The predicted molar refractivity (Wildman–Crippen MR) is 163 cm³/mol. The molecule has 1 atom stereocenters. The molecule has 0 aromatic heterocycles. The van der Waals surface area contributed by atoms with Crippen LogP contribution in [0.15, 0.2) is 83.8 Å². The van der Waals surface area contributed by atoms with E-state index in [4.69, 9.17) is 0 Å². The molecule has 3 aromatic rings. The van der Waals surface area contributed by atoms with E-state index in [1.807, 2.05) is 26.0 Å². The smallest absolute Gasteiger partial charge is 0.264 e. The number of carbonyl (C=O) groups is 2. The summed E-state index contributed by atoms with van der Waals surface area (Å²) in [6.07, 6.45) is 5.00. The third-order valence-electron chi connectivity index (χ3n) is 7.84. The lowest BCUT2D eigenvalue weighted by Gasteiger charge is -2.33. The minimum absolute atomic E-state index is 0.0177. The minimum Gasteiger partial charge on any atom is -0.352 e. The van der Waals surface area contributed by atoms with Gasteiger partial charge in [-0.15, -0.1) is 0 Å². The number of hydrogen-bond donors (Lipinski definition) is 1. The van der Waals surface area contributed by atoms with E-state index in [1.54, 1.807) is 49.4 Å². The number of sulfonamides is 1. The van der Waals surface area contributed by atoms with Gasteiger partial charge in [-0.25, -0.2) is 12.8 Å². The summed E-state index contributed by atoms with van der Waals surface area (Å²) < 4.78 is 42.5. The van der Waals surface area contributed by atoms with Crippen molar-refractivity contribution >= 4 is 27.5 Å². The SMILES string of the molecule is CC(C)c1ccc(N(CC(=O)N(Cc2ccc(F)cc2)C(C)C(=O)NC2CCCCC2)S(=O)(=O)c2ccccc2)cc1. The van der Waals surface area contributed by atoms with E-state index in [0.717, 1.165) is 42.0 Å². The van der Waals surface area contributed by atoms with Crippen LogP contribution in [0.25, 0.3) is 0 Å². The summed E-state index contributed by atoms with van der Waals surface area (Å²) in [7, 11) is -4.13. The summed E-state index contributed by atoms with van der Waals surface area (Å²) in [5, 5.41) is 3.08. The Morgan fingerprint density at radius 3 is 2.10 bits per heavy atom. The second-order valence-corrected chi connectivity index (χ2v) is 13.1. The fraction of sp³-hybridized carbons (Fsp3) is 0.394. The highest BCUT2D eigenvalue weighted by Gasteiger charge is 2.33. The Morgan fingerprint density at radius 1 is 0.881 bits per heavy atom. The summed E-state index contributed by atoms with van der Waals surface area (Å²) in [5.74, 6) is -1.01. The average molecular weight is 594 g/mol. The molecule has 224 valence electrons. The van der Waals surface area contributed by atoms with Crippen LogP contribution in [-0.2, 0) is 26.2 Å². The van der Waals surface area contributed by atoms with Crippen molar-refractivity contribution in [3.8, 4) is 0 Å². The Hall–Kier alpha value is -3.72. The molecular formula is C33H40FN3O4S. The number of anilines is 1. The molecule has 0 spiro atoms. The van der Waals surface area contributed by atoms with Crippen molar-refractivity contribution in [2.24, 2.45) is 0 Å². The molecule has 0 bridgehead atoms. The van der Waals surface area contributed by atoms with Crippen LogP contribution in [0.3, 0.4) is 0 Å². The number of halogens is 1. The van der Waals surface area contributed by atoms with Gasteiger partial charge in [-0.05, 0) is 73.2 Å². The zero-order valence-corrected chi connectivity index (χ0v) is 25.3. The standard InChI is InChI=1S/C33H40FN3O4S/c1-24(2)27-16-20-30(21-17-27)37(42(40,41)31-12-8-5-9-13-31)23-32(38)36(22-26-14-18-28(34)19-15-26)25(3)33(39)35-29-10-6-4-7-11-29/h5,8-9,12-21,24-25,29H,4,6-7,10-11,22-23H2,1-3H3,(H,35,39). The number of amides is 2. The first-order chi connectivity index (χ1) is 20.1. The van der Waals surface area contributed by atoms with Crippen LogP contribution >= 0.6 is 0 Å². The molecule has 1 aliphatic rings. The second kappa shape index (κ2) is 14.0. The van der Waals surface area contributed by atoms with Crippen molar-refractivity contribution in [1.82, 2.24) is 10.2 Å². The van der Waals surface area contributed by atoms with Crippen LogP contribution in [0.1, 0.15) is 69.9 Å². The van der Waals surface area contributed by atoms with Crippen LogP contribution in [-0.4, -0.2) is 43.8 Å². The third-order valence-corrected chi connectivity index (χ3v) is 9.63. The second-order valence-electron chi connectivity index (χ2n) is 11.2. The van der Waals surface area contributed by atoms with Crippen LogP contribution in [0.4, 0.5) is 10.1 Å². The molecule has 0 heterocycles. The van der Waals surface area contributed by atoms with Gasteiger partial charge in [0.1, 0.15) is 18.4 Å². The molecule has 3 aromatic carbocycles. The summed E-state index contributed by atoms with van der Waals surface area (Å²) in [5.41, 5.74) is 2.01. The van der Waals surface area contributed by atoms with Gasteiger partial charge in [-0.1, -0.05) is 75.6 Å². The van der Waals surface area contributed by atoms with Crippen LogP contribution in [0.2, 0.25) is 0 Å². The first kappa shape index (κ1) is 31.2. The molecule has 9 heteroatoms. The number of carbonyl (C=O) groups excluding carboxylic acids is 2. The van der Waals surface area contributed by atoms with Crippen molar-refractivity contribution in [3.05, 3.63) is 95.8 Å². The van der Waals surface area contributed by atoms with Crippen LogP contribution < -0.4 is 9.62 Å². The number of hydrogen-bond acceptors (Lipinski definition) is 4. The normalized spacial score (nSPS) is 14.8. The molecule has 4 rings (SSSR count). The molecular weight excluding hydrogens is 553 g/mol. The molecule has 1 fully saturated rings. The zero-order chi connectivity index (χ0) is 30.3. The Balaban J connectivity index is 1.67. The predicted octanol–water partition coefficient (Wildman–Crippen LogP) is 6.01. The molecule has 7 nitrogen and oxygen atoms in total. The lowest BCUT2D eigenvalue weighted by Crippen LogP contribution is -2.53. The van der Waals surface area contributed by atoms with Gasteiger partial charge in [-0.3, -0.25) is 13.9 Å². The maximum absolute atomic E-state index is 14.1. The molecule has 0 saturated heterocycles. The Kier molecular flexibility index (Phi) is 10.4. The minimum atomic E-state index is -4.13. The molecule has 1 unspecified atom stereocenters. The zero-order valence-electron chi connectivity index (χ0n) is 24.5. The maximum atomic E-state index is 14.1. The third kappa shape index (κ3) is 7.76. The molecule has 0 aliphatic heterocycles. The molecule has 1 N–H and O–H groups in total. The van der Waals surface area contributed by atoms with E-state index in [-0.39, 0.29) is 29.3 Å². The van der Waals surface area contributed by atoms with Gasteiger partial charge in [0.25, 0.3) is 10.0 Å². The lowest BCUT2D eigenvalue weighted by molar-refractivity contribution is -0.139. The van der Waals surface area contributed by atoms with E-state index < -0.39 is 34.3 Å². The van der Waals surface area contributed by atoms with Crippen molar-refractivity contribution in [1.29, 1.82) is 0 Å². The molecule has 1 saturated carbocycles. The molecule has 0 radical (unpaired) electrons. The molecule has 1 aliphatic carbocycles. The average Bonchev–Trinajstić information content (AvgIpc) is 3.00. The van der Waals surface area contributed by atoms with Crippen LogP contribution in [0, 0.1) is 5.82 Å². The van der Waals surface area contributed by atoms with Crippen molar-refractivity contribution < 1.29 is 22.4 Å². The molecule has 42 heavy (non-hydrogen) atoms. The number of nitrogens with one attached hydrogen (secondary N) is 1. The van der Waals surface area contributed by atoms with E-state index >= 15 is 0 Å². The van der Waals surface area contributed by atoms with E-state index in [1.165, 1.54) is 29.2 Å². The van der Waals surface area contributed by atoms with Gasteiger partial charge in [0.05, 0.1) is 10.6 Å². The monoisotopic (exact) mass is 593 g/mol. The van der Waals surface area contributed by atoms with Crippen molar-refractivity contribution in [2.75, 3.05) is 10.8 Å². The van der Waals surface area contributed by atoms with E-state index in [9.17, 15) is 22.4 Å². The van der Waals surface area contributed by atoms with Crippen molar-refractivity contribution in [2.45, 2.75) is 82.3 Å². The Bertz CT molecular complexity index is 1440. The summed E-state index contributed by atoms with van der Waals surface area (Å²) in [6, 6.07) is 20.0. The van der Waals surface area contributed by atoms with Crippen molar-refractivity contribution in [3.63, 3.8) is 0 Å². The van der Waals surface area contributed by atoms with E-state index in [2.05, 4.69) is 5.32 Å². The summed E-state index contributed by atoms with van der Waals surface area (Å²) in [6.45, 7) is 5.24. The largest absolute Gasteiger partial charge is 0.352 e. The lowest BCUT2D eigenvalue weighted by atomic mass is 9.95. The fourth-order valence-corrected chi connectivity index (χ4v) is 6.65. The summed E-state index contributed by atoms with van der Waals surface area (Å²) in [4.78, 5) is 28.9. The summed E-state index contributed by atoms with van der Waals surface area (Å²) >= 11 is 0. The van der Waals surface area contributed by atoms with Gasteiger partial charge < -0.3 is 10.2 Å². The Morgan fingerprint density at radius 2 is 1.50 bits per heavy atom. The van der Waals surface area contributed by atoms with Gasteiger partial charge >= 0.3 is 0 Å².